The molecule has 4 heteroatoms. The predicted octanol–water partition coefficient (Wildman–Crippen LogP) is 1.87. The van der Waals surface area contributed by atoms with Gasteiger partial charge < -0.3 is 19.9 Å². The quantitative estimate of drug-likeness (QED) is 0.810. The van der Waals surface area contributed by atoms with Crippen molar-refractivity contribution in [2.24, 2.45) is 0 Å². The van der Waals surface area contributed by atoms with Gasteiger partial charge in [0.15, 0.2) is 0 Å². The standard InChI is InChI=1S/C17H29N3O/c1-14-11-16(12-18-7-10-21-4)5-6-17(14)20-9-8-19(3)13-15(20)2/h5-6,11,15,18H,7-10,12-13H2,1-4H3. The Hall–Kier alpha value is -1.10. The van der Waals surface area contributed by atoms with Crippen LogP contribution in [0.4, 0.5) is 5.69 Å². The second-order valence-corrected chi connectivity index (χ2v) is 6.10. The summed E-state index contributed by atoms with van der Waals surface area (Å²) in [5.74, 6) is 0. The number of hydrogen-bond donors (Lipinski definition) is 1. The van der Waals surface area contributed by atoms with Gasteiger partial charge >= 0.3 is 0 Å². The lowest BCUT2D eigenvalue weighted by molar-refractivity contribution is 0.199. The number of hydrogen-bond acceptors (Lipinski definition) is 4. The third-order valence-electron chi connectivity index (χ3n) is 4.21. The molecule has 1 aliphatic rings. The van der Waals surface area contributed by atoms with Gasteiger partial charge in [0.2, 0.25) is 0 Å². The zero-order valence-corrected chi connectivity index (χ0v) is 13.9. The molecule has 0 amide bonds. The third kappa shape index (κ3) is 4.43. The van der Waals surface area contributed by atoms with E-state index in [9.17, 15) is 0 Å². The van der Waals surface area contributed by atoms with E-state index < -0.39 is 0 Å². The van der Waals surface area contributed by atoms with Crippen molar-refractivity contribution in [3.8, 4) is 0 Å². The van der Waals surface area contributed by atoms with E-state index in [1.165, 1.54) is 16.8 Å². The maximum atomic E-state index is 5.05. The van der Waals surface area contributed by atoms with Gasteiger partial charge in [-0.2, -0.15) is 0 Å². The van der Waals surface area contributed by atoms with E-state index in [1.807, 2.05) is 0 Å². The maximum Gasteiger partial charge on any atom is 0.0587 e. The lowest BCUT2D eigenvalue weighted by atomic mass is 10.1. The average molecular weight is 291 g/mol. The molecule has 1 N–H and O–H groups in total. The summed E-state index contributed by atoms with van der Waals surface area (Å²) in [6.45, 7) is 10.5. The van der Waals surface area contributed by atoms with Gasteiger partial charge in [-0.3, -0.25) is 0 Å². The summed E-state index contributed by atoms with van der Waals surface area (Å²) in [4.78, 5) is 4.95. The SMILES string of the molecule is COCCNCc1ccc(N2CCN(C)CC2C)c(C)c1. The Kier molecular flexibility index (Phi) is 6.03. The number of rotatable bonds is 6. The average Bonchev–Trinajstić information content (AvgIpc) is 2.45. The largest absolute Gasteiger partial charge is 0.383 e. The van der Waals surface area contributed by atoms with Gasteiger partial charge in [0, 0.05) is 51.6 Å². The molecule has 0 bridgehead atoms. The van der Waals surface area contributed by atoms with Crippen LogP contribution in [0.25, 0.3) is 0 Å². The number of nitrogens with one attached hydrogen (secondary N) is 1. The van der Waals surface area contributed by atoms with Crippen molar-refractivity contribution in [3.63, 3.8) is 0 Å². The highest BCUT2D eigenvalue weighted by atomic mass is 16.5. The van der Waals surface area contributed by atoms with Crippen LogP contribution in [0.2, 0.25) is 0 Å². The fourth-order valence-corrected chi connectivity index (χ4v) is 3.05. The molecule has 1 fully saturated rings. The van der Waals surface area contributed by atoms with Crippen LogP contribution in [-0.4, -0.2) is 57.9 Å². The maximum absolute atomic E-state index is 5.05. The number of piperazine rings is 1. The molecule has 0 saturated carbocycles. The van der Waals surface area contributed by atoms with Crippen LogP contribution >= 0.6 is 0 Å². The van der Waals surface area contributed by atoms with E-state index in [2.05, 4.69) is 54.2 Å². The van der Waals surface area contributed by atoms with Gasteiger partial charge in [-0.05, 0) is 38.1 Å². The molecule has 2 rings (SSSR count). The molecule has 1 aliphatic heterocycles. The number of nitrogens with zero attached hydrogens (tertiary/aromatic N) is 2. The summed E-state index contributed by atoms with van der Waals surface area (Å²) in [6, 6.07) is 7.41. The second kappa shape index (κ2) is 7.78. The van der Waals surface area contributed by atoms with E-state index >= 15 is 0 Å². The summed E-state index contributed by atoms with van der Waals surface area (Å²) in [7, 11) is 3.94. The Bertz CT molecular complexity index is 450. The van der Waals surface area contributed by atoms with Gasteiger partial charge in [0.25, 0.3) is 0 Å². The van der Waals surface area contributed by atoms with Crippen LogP contribution in [0.5, 0.6) is 0 Å². The normalized spacial score (nSPS) is 20.0. The molecule has 1 saturated heterocycles. The molecular weight excluding hydrogens is 262 g/mol. The topological polar surface area (TPSA) is 27.7 Å². The monoisotopic (exact) mass is 291 g/mol. The van der Waals surface area contributed by atoms with Crippen LogP contribution in [0.1, 0.15) is 18.1 Å². The molecule has 0 radical (unpaired) electrons. The van der Waals surface area contributed by atoms with Gasteiger partial charge in [-0.15, -0.1) is 0 Å². The van der Waals surface area contributed by atoms with E-state index in [0.717, 1.165) is 39.3 Å². The Morgan fingerprint density at radius 2 is 2.14 bits per heavy atom. The van der Waals surface area contributed by atoms with Crippen molar-refractivity contribution in [3.05, 3.63) is 29.3 Å². The lowest BCUT2D eigenvalue weighted by Gasteiger charge is -2.40. The smallest absolute Gasteiger partial charge is 0.0587 e. The highest BCUT2D eigenvalue weighted by Crippen LogP contribution is 2.25. The summed E-state index contributed by atoms with van der Waals surface area (Å²) >= 11 is 0. The van der Waals surface area contributed by atoms with E-state index in [-0.39, 0.29) is 0 Å². The van der Waals surface area contributed by atoms with Gasteiger partial charge in [0.05, 0.1) is 6.61 Å². The van der Waals surface area contributed by atoms with Gasteiger partial charge in [-0.1, -0.05) is 12.1 Å². The van der Waals surface area contributed by atoms with Gasteiger partial charge in [0.1, 0.15) is 0 Å². The Balaban J connectivity index is 1.98. The summed E-state index contributed by atoms with van der Waals surface area (Å²) < 4.78 is 5.05. The molecular formula is C17H29N3O. The van der Waals surface area contributed by atoms with E-state index in [4.69, 9.17) is 4.74 Å². The van der Waals surface area contributed by atoms with Crippen LogP contribution in [0, 0.1) is 6.92 Å². The zero-order chi connectivity index (χ0) is 15.2. The summed E-state index contributed by atoms with van der Waals surface area (Å²) in [5, 5.41) is 3.40. The van der Waals surface area contributed by atoms with Crippen molar-refractivity contribution in [1.29, 1.82) is 0 Å². The molecule has 1 aromatic rings. The molecule has 4 nitrogen and oxygen atoms in total. The minimum absolute atomic E-state index is 0.577. The van der Waals surface area contributed by atoms with Crippen LogP contribution in [0.15, 0.2) is 18.2 Å². The number of methoxy groups -OCH3 is 1. The molecule has 118 valence electrons. The molecule has 0 spiro atoms. The second-order valence-electron chi connectivity index (χ2n) is 6.10. The lowest BCUT2D eigenvalue weighted by Crippen LogP contribution is -2.50. The Morgan fingerprint density at radius 1 is 1.33 bits per heavy atom. The Labute approximate surface area is 129 Å². The first-order valence-corrected chi connectivity index (χ1v) is 7.86. The highest BCUT2D eigenvalue weighted by molar-refractivity contribution is 5.55. The van der Waals surface area contributed by atoms with Crippen molar-refractivity contribution >= 4 is 5.69 Å². The summed E-state index contributed by atoms with van der Waals surface area (Å²) in [6.07, 6.45) is 0. The van der Waals surface area contributed by atoms with E-state index in [0.29, 0.717) is 6.04 Å². The fourth-order valence-electron chi connectivity index (χ4n) is 3.05. The molecule has 1 heterocycles. The molecule has 1 aromatic carbocycles. The van der Waals surface area contributed by atoms with Crippen molar-refractivity contribution < 1.29 is 4.74 Å². The summed E-state index contributed by atoms with van der Waals surface area (Å²) in [5.41, 5.74) is 4.10. The molecule has 0 aromatic heterocycles. The van der Waals surface area contributed by atoms with Gasteiger partial charge in [-0.25, -0.2) is 0 Å². The predicted molar refractivity (Wildman–Crippen MR) is 89.1 cm³/mol. The van der Waals surface area contributed by atoms with Crippen molar-refractivity contribution in [2.75, 3.05) is 51.8 Å². The first-order valence-electron chi connectivity index (χ1n) is 7.86. The van der Waals surface area contributed by atoms with Crippen molar-refractivity contribution in [2.45, 2.75) is 26.4 Å². The van der Waals surface area contributed by atoms with E-state index in [1.54, 1.807) is 7.11 Å². The highest BCUT2D eigenvalue weighted by Gasteiger charge is 2.22. The molecule has 1 unspecified atom stereocenters. The number of aryl methyl sites for hydroxylation is 1. The zero-order valence-electron chi connectivity index (χ0n) is 13.9. The van der Waals surface area contributed by atoms with Crippen LogP contribution in [0.3, 0.4) is 0 Å². The number of benzene rings is 1. The van der Waals surface area contributed by atoms with Crippen molar-refractivity contribution in [1.82, 2.24) is 10.2 Å². The first kappa shape index (κ1) is 16.3. The molecule has 21 heavy (non-hydrogen) atoms. The number of anilines is 1. The minimum atomic E-state index is 0.577. The first-order chi connectivity index (χ1) is 10.1. The molecule has 1 atom stereocenters. The minimum Gasteiger partial charge on any atom is -0.383 e. The third-order valence-corrected chi connectivity index (χ3v) is 4.21. The van der Waals surface area contributed by atoms with Crippen LogP contribution < -0.4 is 10.2 Å². The number of likely N-dealkylation sites (N-methyl/N-ethyl adjacent to an activating group) is 1. The Morgan fingerprint density at radius 3 is 2.81 bits per heavy atom. The number of ether oxygens (including phenoxy) is 1. The molecule has 0 aliphatic carbocycles. The van der Waals surface area contributed by atoms with Crippen LogP contribution in [-0.2, 0) is 11.3 Å². The fraction of sp³-hybridized carbons (Fsp3) is 0.647.